The highest BCUT2D eigenvalue weighted by atomic mass is 32.1. The average Bonchev–Trinajstić information content (AvgIpc) is 2.94. The van der Waals surface area contributed by atoms with E-state index in [0.29, 0.717) is 4.88 Å². The van der Waals surface area contributed by atoms with E-state index in [1.54, 1.807) is 18.4 Å². The van der Waals surface area contributed by atoms with Crippen molar-refractivity contribution >= 4 is 22.9 Å². The van der Waals surface area contributed by atoms with Crippen LogP contribution in [0.5, 0.6) is 5.75 Å². The van der Waals surface area contributed by atoms with E-state index in [9.17, 15) is 18.0 Å². The molecule has 0 bridgehead atoms. The van der Waals surface area contributed by atoms with Crippen molar-refractivity contribution in [2.45, 2.75) is 13.1 Å². The Balaban J connectivity index is 2.29. The molecule has 1 heterocycles. The lowest BCUT2D eigenvalue weighted by molar-refractivity contribution is -0.137. The zero-order valence-corrected chi connectivity index (χ0v) is 13.9. The summed E-state index contributed by atoms with van der Waals surface area (Å²) in [4.78, 5) is 12.7. The lowest BCUT2D eigenvalue weighted by Crippen LogP contribution is -2.15. The number of aryl methyl sites for hydroxylation is 1. The van der Waals surface area contributed by atoms with E-state index < -0.39 is 17.6 Å². The van der Waals surface area contributed by atoms with Crippen LogP contribution in [0.15, 0.2) is 29.6 Å². The van der Waals surface area contributed by atoms with Crippen LogP contribution in [0.2, 0.25) is 0 Å². The minimum Gasteiger partial charge on any atom is -0.489 e. The molecule has 0 aliphatic carbocycles. The van der Waals surface area contributed by atoms with Gasteiger partial charge >= 0.3 is 6.18 Å². The van der Waals surface area contributed by atoms with Gasteiger partial charge in [0.1, 0.15) is 12.4 Å². The third kappa shape index (κ3) is 4.48. The highest BCUT2D eigenvalue weighted by Gasteiger charge is 2.31. The fourth-order valence-electron chi connectivity index (χ4n) is 1.95. The van der Waals surface area contributed by atoms with Crippen LogP contribution in [0.3, 0.4) is 0 Å². The highest BCUT2D eigenvalue weighted by molar-refractivity contribution is 7.12. The zero-order chi connectivity index (χ0) is 17.7. The molecule has 0 spiro atoms. The Bertz CT molecular complexity index is 713. The molecular formula is C16H16F3NO3S. The first-order chi connectivity index (χ1) is 11.3. The summed E-state index contributed by atoms with van der Waals surface area (Å²) >= 11 is 1.22. The SMILES string of the molecule is COCCOc1ccc(C(F)(F)F)cc1NC(=O)c1sccc1C. The van der Waals surface area contributed by atoms with Crippen LogP contribution in [0, 0.1) is 6.92 Å². The number of hydrogen-bond acceptors (Lipinski definition) is 4. The second kappa shape index (κ2) is 7.67. The Labute approximate surface area is 141 Å². The molecule has 130 valence electrons. The number of amides is 1. The van der Waals surface area contributed by atoms with Crippen molar-refractivity contribution in [2.75, 3.05) is 25.6 Å². The first-order valence-corrected chi connectivity index (χ1v) is 7.89. The molecule has 0 fully saturated rings. The van der Waals surface area contributed by atoms with E-state index in [1.807, 2.05) is 0 Å². The molecule has 1 amide bonds. The number of nitrogens with one attached hydrogen (secondary N) is 1. The van der Waals surface area contributed by atoms with Gasteiger partial charge in [0, 0.05) is 7.11 Å². The largest absolute Gasteiger partial charge is 0.489 e. The Hall–Kier alpha value is -2.06. The third-order valence-corrected chi connectivity index (χ3v) is 4.18. The number of alkyl halides is 3. The van der Waals surface area contributed by atoms with Gasteiger partial charge in [0.2, 0.25) is 0 Å². The number of ether oxygens (including phenoxy) is 2. The van der Waals surface area contributed by atoms with Crippen LogP contribution in [0.4, 0.5) is 18.9 Å². The predicted molar refractivity (Wildman–Crippen MR) is 85.8 cm³/mol. The van der Waals surface area contributed by atoms with Crippen LogP contribution in [0.25, 0.3) is 0 Å². The minimum absolute atomic E-state index is 0.0290. The lowest BCUT2D eigenvalue weighted by atomic mass is 10.1. The van der Waals surface area contributed by atoms with Crippen LogP contribution in [-0.2, 0) is 10.9 Å². The van der Waals surface area contributed by atoms with Crippen LogP contribution >= 0.6 is 11.3 Å². The number of benzene rings is 1. The second-order valence-corrected chi connectivity index (χ2v) is 5.85. The number of anilines is 1. The van der Waals surface area contributed by atoms with Crippen molar-refractivity contribution in [2.24, 2.45) is 0 Å². The number of halogens is 3. The smallest absolute Gasteiger partial charge is 0.416 e. The monoisotopic (exact) mass is 359 g/mol. The average molecular weight is 359 g/mol. The first kappa shape index (κ1) is 18.3. The van der Waals surface area contributed by atoms with Gasteiger partial charge in [-0.05, 0) is 42.1 Å². The van der Waals surface area contributed by atoms with Crippen LogP contribution in [0.1, 0.15) is 20.8 Å². The summed E-state index contributed by atoms with van der Waals surface area (Å²) in [6.45, 7) is 2.19. The van der Waals surface area contributed by atoms with Crippen molar-refractivity contribution in [3.63, 3.8) is 0 Å². The maximum absolute atomic E-state index is 12.9. The standard InChI is InChI=1S/C16H16F3NO3S/c1-10-5-8-24-14(10)15(21)20-12-9-11(16(17,18)19)3-4-13(12)23-7-6-22-2/h3-5,8-9H,6-7H2,1-2H3,(H,20,21). The molecule has 2 aromatic rings. The molecule has 0 radical (unpaired) electrons. The molecule has 0 unspecified atom stereocenters. The summed E-state index contributed by atoms with van der Waals surface area (Å²) in [6, 6.07) is 4.73. The summed E-state index contributed by atoms with van der Waals surface area (Å²) < 4.78 is 49.0. The quantitative estimate of drug-likeness (QED) is 0.780. The number of carbonyl (C=O) groups is 1. The fraction of sp³-hybridized carbons (Fsp3) is 0.312. The molecule has 0 saturated carbocycles. The van der Waals surface area contributed by atoms with Crippen molar-refractivity contribution in [1.82, 2.24) is 0 Å². The van der Waals surface area contributed by atoms with Crippen molar-refractivity contribution in [3.05, 3.63) is 45.6 Å². The highest BCUT2D eigenvalue weighted by Crippen LogP contribution is 2.35. The van der Waals surface area contributed by atoms with Crippen molar-refractivity contribution in [1.29, 1.82) is 0 Å². The molecule has 2 rings (SSSR count). The summed E-state index contributed by atoms with van der Waals surface area (Å²) in [5.74, 6) is -0.318. The molecule has 1 aromatic heterocycles. The van der Waals surface area contributed by atoms with E-state index in [2.05, 4.69) is 5.32 Å². The van der Waals surface area contributed by atoms with Gasteiger partial charge in [-0.25, -0.2) is 0 Å². The van der Waals surface area contributed by atoms with Gasteiger partial charge in [-0.2, -0.15) is 13.2 Å². The molecule has 0 atom stereocenters. The van der Waals surface area contributed by atoms with E-state index in [0.717, 1.165) is 17.7 Å². The molecule has 24 heavy (non-hydrogen) atoms. The van der Waals surface area contributed by atoms with Gasteiger partial charge < -0.3 is 14.8 Å². The number of carbonyl (C=O) groups excluding carboxylic acids is 1. The van der Waals surface area contributed by atoms with E-state index in [-0.39, 0.29) is 24.7 Å². The topological polar surface area (TPSA) is 47.6 Å². The number of hydrogen-bond donors (Lipinski definition) is 1. The van der Waals surface area contributed by atoms with Gasteiger partial charge in [-0.1, -0.05) is 0 Å². The van der Waals surface area contributed by atoms with Crippen LogP contribution in [-0.4, -0.2) is 26.2 Å². The summed E-state index contributed by atoms with van der Waals surface area (Å²) in [7, 11) is 1.48. The molecule has 0 saturated heterocycles. The van der Waals surface area contributed by atoms with Gasteiger partial charge in [-0.3, -0.25) is 4.79 Å². The molecule has 1 N–H and O–H groups in total. The maximum Gasteiger partial charge on any atom is 0.416 e. The summed E-state index contributed by atoms with van der Waals surface area (Å²) in [5.41, 5.74) is -0.134. The lowest BCUT2D eigenvalue weighted by Gasteiger charge is -2.15. The van der Waals surface area contributed by atoms with Crippen LogP contribution < -0.4 is 10.1 Å². The van der Waals surface area contributed by atoms with Crippen molar-refractivity contribution < 1.29 is 27.4 Å². The minimum atomic E-state index is -4.51. The zero-order valence-electron chi connectivity index (χ0n) is 13.1. The Morgan fingerprint density at radius 3 is 2.58 bits per heavy atom. The summed E-state index contributed by atoms with van der Waals surface area (Å²) in [5, 5.41) is 4.24. The first-order valence-electron chi connectivity index (χ1n) is 7.01. The van der Waals surface area contributed by atoms with Gasteiger partial charge in [0.15, 0.2) is 0 Å². The predicted octanol–water partition coefficient (Wildman–Crippen LogP) is 4.35. The molecule has 0 aliphatic rings. The third-order valence-electron chi connectivity index (χ3n) is 3.17. The molecule has 4 nitrogen and oxygen atoms in total. The Morgan fingerprint density at radius 1 is 1.25 bits per heavy atom. The maximum atomic E-state index is 12.9. The number of rotatable bonds is 6. The van der Waals surface area contributed by atoms with Gasteiger partial charge in [-0.15, -0.1) is 11.3 Å². The Morgan fingerprint density at radius 2 is 2.00 bits per heavy atom. The van der Waals surface area contributed by atoms with E-state index >= 15 is 0 Å². The van der Waals surface area contributed by atoms with E-state index in [4.69, 9.17) is 9.47 Å². The fourth-order valence-corrected chi connectivity index (χ4v) is 2.77. The van der Waals surface area contributed by atoms with Gasteiger partial charge in [0.25, 0.3) is 5.91 Å². The van der Waals surface area contributed by atoms with Gasteiger partial charge in [0.05, 0.1) is 22.7 Å². The second-order valence-electron chi connectivity index (χ2n) is 4.94. The Kier molecular flexibility index (Phi) is 5.84. The van der Waals surface area contributed by atoms with E-state index in [1.165, 1.54) is 24.5 Å². The number of methoxy groups -OCH3 is 1. The number of thiophene rings is 1. The molecular weight excluding hydrogens is 343 g/mol. The molecule has 8 heteroatoms. The molecule has 0 aliphatic heterocycles. The summed E-state index contributed by atoms with van der Waals surface area (Å²) in [6.07, 6.45) is -4.51. The van der Waals surface area contributed by atoms with Crippen molar-refractivity contribution in [3.8, 4) is 5.75 Å². The molecule has 1 aromatic carbocycles. The normalized spacial score (nSPS) is 11.4.